The van der Waals surface area contributed by atoms with E-state index in [1.54, 1.807) is 36.4 Å². The van der Waals surface area contributed by atoms with Crippen molar-refractivity contribution in [1.29, 1.82) is 10.5 Å². The smallest absolute Gasteiger partial charge is 0.237 e. The van der Waals surface area contributed by atoms with E-state index in [4.69, 9.17) is 10.5 Å². The lowest BCUT2D eigenvalue weighted by Gasteiger charge is -2.06. The summed E-state index contributed by atoms with van der Waals surface area (Å²) < 4.78 is 0. The van der Waals surface area contributed by atoms with Crippen LogP contribution in [0.5, 0.6) is 0 Å². The van der Waals surface area contributed by atoms with Gasteiger partial charge in [-0.15, -0.1) is 0 Å². The van der Waals surface area contributed by atoms with Gasteiger partial charge in [0, 0.05) is 12.1 Å². The highest BCUT2D eigenvalue weighted by molar-refractivity contribution is 6.10. The Morgan fingerprint density at radius 2 is 1.58 bits per heavy atom. The summed E-state index contributed by atoms with van der Waals surface area (Å²) in [7, 11) is 0. The van der Waals surface area contributed by atoms with Crippen LogP contribution in [0.15, 0.2) is 59.7 Å². The Morgan fingerprint density at radius 1 is 0.958 bits per heavy atom. The van der Waals surface area contributed by atoms with E-state index in [-0.39, 0.29) is 11.6 Å². The Kier molecular flexibility index (Phi) is 6.08. The van der Waals surface area contributed by atoms with Crippen LogP contribution in [0, 0.1) is 22.7 Å². The Hall–Kier alpha value is -3.64. The molecule has 0 atom stereocenters. The van der Waals surface area contributed by atoms with Crippen molar-refractivity contribution in [1.82, 2.24) is 0 Å². The summed E-state index contributed by atoms with van der Waals surface area (Å²) in [4.78, 5) is 11.9. The summed E-state index contributed by atoms with van der Waals surface area (Å²) in [5, 5.41) is 23.6. The van der Waals surface area contributed by atoms with Crippen LogP contribution in [-0.2, 0) is 11.2 Å². The largest absolute Gasteiger partial charge is 0.326 e. The summed E-state index contributed by atoms with van der Waals surface area (Å²) in [5.74, 6) is -0.0613. The van der Waals surface area contributed by atoms with Crippen LogP contribution >= 0.6 is 0 Å². The number of hydrogen-bond donors (Lipinski definition) is 2. The number of hydrazone groups is 1. The number of nitrogens with one attached hydrogen (secondary N) is 2. The zero-order chi connectivity index (χ0) is 17.2. The zero-order valence-electron chi connectivity index (χ0n) is 12.9. The van der Waals surface area contributed by atoms with Crippen LogP contribution in [0.3, 0.4) is 0 Å². The third-order valence-electron chi connectivity index (χ3n) is 3.16. The number of rotatable bonds is 6. The van der Waals surface area contributed by atoms with E-state index in [1.165, 1.54) is 0 Å². The summed E-state index contributed by atoms with van der Waals surface area (Å²) in [5.41, 5.74) is 4.75. The van der Waals surface area contributed by atoms with Crippen LogP contribution in [0.1, 0.15) is 12.0 Å². The number of nitrogens with zero attached hydrogens (tertiary/aromatic N) is 3. The van der Waals surface area contributed by atoms with Gasteiger partial charge in [0.25, 0.3) is 0 Å². The Labute approximate surface area is 140 Å². The minimum atomic E-state index is -0.256. The molecule has 2 rings (SSSR count). The molecule has 6 heteroatoms. The van der Waals surface area contributed by atoms with Crippen molar-refractivity contribution in [3.63, 3.8) is 0 Å². The van der Waals surface area contributed by atoms with Gasteiger partial charge in [-0.1, -0.05) is 30.3 Å². The van der Waals surface area contributed by atoms with E-state index in [0.29, 0.717) is 24.2 Å². The fourth-order valence-corrected chi connectivity index (χ4v) is 1.95. The molecule has 0 aliphatic carbocycles. The molecule has 2 aromatic rings. The number of hydrogen-bond acceptors (Lipinski definition) is 5. The van der Waals surface area contributed by atoms with Gasteiger partial charge in [0.2, 0.25) is 11.6 Å². The van der Waals surface area contributed by atoms with Gasteiger partial charge in [-0.3, -0.25) is 10.2 Å². The minimum Gasteiger partial charge on any atom is -0.326 e. The monoisotopic (exact) mass is 317 g/mol. The van der Waals surface area contributed by atoms with Crippen LogP contribution in [-0.4, -0.2) is 11.6 Å². The Bertz CT molecular complexity index is 782. The van der Waals surface area contributed by atoms with E-state index < -0.39 is 0 Å². The fourth-order valence-electron chi connectivity index (χ4n) is 1.95. The van der Waals surface area contributed by atoms with Gasteiger partial charge in [-0.05, 0) is 36.2 Å². The van der Waals surface area contributed by atoms with E-state index in [2.05, 4.69) is 15.8 Å². The van der Waals surface area contributed by atoms with Crippen molar-refractivity contribution in [2.24, 2.45) is 5.10 Å². The van der Waals surface area contributed by atoms with Gasteiger partial charge >= 0.3 is 0 Å². The van der Waals surface area contributed by atoms with Gasteiger partial charge in [0.05, 0.1) is 5.69 Å². The van der Waals surface area contributed by atoms with Crippen molar-refractivity contribution < 1.29 is 4.79 Å². The molecule has 0 radical (unpaired) electrons. The fraction of sp³-hybridized carbons (Fsp3) is 0.111. The maximum atomic E-state index is 11.9. The first-order chi connectivity index (χ1) is 11.7. The second kappa shape index (κ2) is 8.72. The average Bonchev–Trinajstić information content (AvgIpc) is 2.63. The summed E-state index contributed by atoms with van der Waals surface area (Å²) in [6, 6.07) is 20.0. The number of carbonyl (C=O) groups excluding carboxylic acids is 1. The maximum Gasteiger partial charge on any atom is 0.237 e. The van der Waals surface area contributed by atoms with Gasteiger partial charge in [-0.2, -0.15) is 15.6 Å². The highest BCUT2D eigenvalue weighted by Crippen LogP contribution is 2.14. The molecule has 0 aromatic heterocycles. The van der Waals surface area contributed by atoms with E-state index in [1.807, 2.05) is 30.3 Å². The molecule has 2 N–H and O–H groups in total. The van der Waals surface area contributed by atoms with Gasteiger partial charge in [-0.25, -0.2) is 0 Å². The predicted octanol–water partition coefficient (Wildman–Crippen LogP) is 3.07. The number of carbonyl (C=O) groups is 1. The normalized spacial score (nSPS) is 9.25. The second-order valence-corrected chi connectivity index (χ2v) is 4.91. The minimum absolute atomic E-state index is 0.0613. The molecule has 0 heterocycles. The van der Waals surface area contributed by atoms with Crippen molar-refractivity contribution in [2.45, 2.75) is 12.8 Å². The highest BCUT2D eigenvalue weighted by Gasteiger charge is 2.03. The SMILES string of the molecule is N#CC(C#N)=NNc1ccc(NC(=O)CCc2ccccc2)cc1. The molecule has 2 aromatic carbocycles. The second-order valence-electron chi connectivity index (χ2n) is 4.91. The standard InChI is InChI=1S/C18H15N5O/c19-12-17(13-20)23-22-16-9-7-15(8-10-16)21-18(24)11-6-14-4-2-1-3-5-14/h1-5,7-10,22H,6,11H2,(H,21,24). The highest BCUT2D eigenvalue weighted by atomic mass is 16.1. The Balaban J connectivity index is 1.85. The van der Waals surface area contributed by atoms with Gasteiger partial charge in [0.15, 0.2) is 0 Å². The van der Waals surface area contributed by atoms with Crippen LogP contribution in [0.2, 0.25) is 0 Å². The third-order valence-corrected chi connectivity index (χ3v) is 3.16. The Morgan fingerprint density at radius 3 is 2.21 bits per heavy atom. The van der Waals surface area contributed by atoms with Crippen LogP contribution in [0.4, 0.5) is 11.4 Å². The lowest BCUT2D eigenvalue weighted by atomic mass is 10.1. The first kappa shape index (κ1) is 16.7. The van der Waals surface area contributed by atoms with Crippen LogP contribution < -0.4 is 10.7 Å². The molecular weight excluding hydrogens is 302 g/mol. The molecule has 0 saturated carbocycles. The third kappa shape index (κ3) is 5.28. The van der Waals surface area contributed by atoms with E-state index >= 15 is 0 Å². The van der Waals surface area contributed by atoms with Crippen molar-refractivity contribution in [3.05, 3.63) is 60.2 Å². The molecule has 0 aliphatic heterocycles. The number of amides is 1. The van der Waals surface area contributed by atoms with E-state index in [0.717, 1.165) is 5.56 Å². The molecular formula is C18H15N5O. The average molecular weight is 317 g/mol. The molecule has 0 saturated heterocycles. The van der Waals surface area contributed by atoms with Gasteiger partial charge < -0.3 is 5.32 Å². The van der Waals surface area contributed by atoms with Crippen molar-refractivity contribution in [3.8, 4) is 12.1 Å². The molecule has 1 amide bonds. The lowest BCUT2D eigenvalue weighted by molar-refractivity contribution is -0.116. The molecule has 0 bridgehead atoms. The molecule has 118 valence electrons. The maximum absolute atomic E-state index is 11.9. The topological polar surface area (TPSA) is 101 Å². The van der Waals surface area contributed by atoms with Crippen LogP contribution in [0.25, 0.3) is 0 Å². The number of benzene rings is 2. The van der Waals surface area contributed by atoms with Gasteiger partial charge in [0.1, 0.15) is 12.1 Å². The molecule has 0 spiro atoms. The molecule has 6 nitrogen and oxygen atoms in total. The van der Waals surface area contributed by atoms with Crippen molar-refractivity contribution >= 4 is 23.0 Å². The lowest BCUT2D eigenvalue weighted by Crippen LogP contribution is -2.12. The predicted molar refractivity (Wildman–Crippen MR) is 92.1 cm³/mol. The molecule has 0 fully saturated rings. The molecule has 0 unspecified atom stereocenters. The number of anilines is 2. The van der Waals surface area contributed by atoms with E-state index in [9.17, 15) is 4.79 Å². The summed E-state index contributed by atoms with van der Waals surface area (Å²) in [6.07, 6.45) is 1.09. The molecule has 24 heavy (non-hydrogen) atoms. The first-order valence-corrected chi connectivity index (χ1v) is 7.29. The van der Waals surface area contributed by atoms with Crippen molar-refractivity contribution in [2.75, 3.05) is 10.7 Å². The summed E-state index contributed by atoms with van der Waals surface area (Å²) >= 11 is 0. The number of nitriles is 2. The zero-order valence-corrected chi connectivity index (χ0v) is 12.9. The number of aryl methyl sites for hydroxylation is 1. The first-order valence-electron chi connectivity index (χ1n) is 7.29. The summed E-state index contributed by atoms with van der Waals surface area (Å²) in [6.45, 7) is 0. The molecule has 0 aliphatic rings. The quantitative estimate of drug-likeness (QED) is 0.631.